The van der Waals surface area contributed by atoms with Crippen LogP contribution in [0.15, 0.2) is 35.6 Å². The number of nitrogens with one attached hydrogen (secondary N) is 1. The number of carboxylic acid groups (broad SMARTS) is 1. The first-order chi connectivity index (χ1) is 21.2. The molecule has 0 saturated carbocycles. The van der Waals surface area contributed by atoms with Crippen LogP contribution in [-0.4, -0.2) is 70.7 Å². The summed E-state index contributed by atoms with van der Waals surface area (Å²) in [7, 11) is 0. The molecule has 0 amide bonds. The Morgan fingerprint density at radius 1 is 0.913 bits per heavy atom. The predicted octanol–water partition coefficient (Wildman–Crippen LogP) is 7.19. The minimum absolute atomic E-state index is 0.0754. The number of aromatic nitrogens is 3. The zero-order chi connectivity index (χ0) is 34.2. The standard InChI is InChI=1S/C25H24F9N5.C2HF3O2/c26-23(27,28)15-5-3-14(4-6-15)16-12-19-20(13-18(16)25(32,33)34)37-22(36-19)39-10-8-38(9-11-39)21-17(24(29,30)31)2-1-7-35-21;3-2(4,5)1(6)7/h1-3,7,13,15-16H,4-6,8-12H2,(H,36,37);(H,6,7). The molecule has 2 unspecified atom stereocenters. The van der Waals surface area contributed by atoms with Gasteiger partial charge in [0.1, 0.15) is 5.82 Å². The van der Waals surface area contributed by atoms with E-state index in [0.717, 1.165) is 12.1 Å². The van der Waals surface area contributed by atoms with Crippen molar-refractivity contribution < 1.29 is 62.6 Å². The molecular formula is C27H25F12N5O2. The molecule has 2 N–H and O–H groups in total. The Hall–Kier alpha value is -3.93. The molecule has 1 saturated heterocycles. The molecule has 3 aliphatic rings. The number of H-pyrrole nitrogens is 1. The van der Waals surface area contributed by atoms with Crippen molar-refractivity contribution in [3.63, 3.8) is 0 Å². The van der Waals surface area contributed by atoms with Crippen LogP contribution in [0, 0.1) is 11.8 Å². The van der Waals surface area contributed by atoms with Gasteiger partial charge in [0.15, 0.2) is 0 Å². The number of allylic oxidation sites excluding steroid dienone is 3. The zero-order valence-electron chi connectivity index (χ0n) is 23.4. The molecule has 2 aromatic heterocycles. The number of hydrogen-bond donors (Lipinski definition) is 2. The van der Waals surface area contributed by atoms with Gasteiger partial charge >= 0.3 is 30.7 Å². The number of fused-ring (bicyclic) bond motifs is 1. The molecule has 0 radical (unpaired) electrons. The van der Waals surface area contributed by atoms with Gasteiger partial charge in [0, 0.05) is 56.0 Å². The Balaban J connectivity index is 0.000000617. The van der Waals surface area contributed by atoms with E-state index in [9.17, 15) is 52.7 Å². The second-order valence-electron chi connectivity index (χ2n) is 10.7. The summed E-state index contributed by atoms with van der Waals surface area (Å²) in [5.74, 6) is -5.31. The fourth-order valence-corrected chi connectivity index (χ4v) is 5.47. The summed E-state index contributed by atoms with van der Waals surface area (Å²) in [4.78, 5) is 23.4. The third-order valence-corrected chi connectivity index (χ3v) is 7.77. The van der Waals surface area contributed by atoms with Crippen molar-refractivity contribution in [1.82, 2.24) is 15.0 Å². The van der Waals surface area contributed by atoms with Crippen LogP contribution in [0.4, 0.5) is 64.5 Å². The van der Waals surface area contributed by atoms with E-state index in [1.54, 1.807) is 4.90 Å². The van der Waals surface area contributed by atoms with Crippen molar-refractivity contribution in [2.24, 2.45) is 11.8 Å². The smallest absolute Gasteiger partial charge is 0.475 e. The normalized spacial score (nSPS) is 21.1. The van der Waals surface area contributed by atoms with Gasteiger partial charge in [-0.3, -0.25) is 0 Å². The Morgan fingerprint density at radius 3 is 2.02 bits per heavy atom. The van der Waals surface area contributed by atoms with Gasteiger partial charge in [0.2, 0.25) is 5.95 Å². The summed E-state index contributed by atoms with van der Waals surface area (Å²) < 4.78 is 153. The van der Waals surface area contributed by atoms with Gasteiger partial charge in [0.25, 0.3) is 0 Å². The largest absolute Gasteiger partial charge is 0.490 e. The quantitative estimate of drug-likeness (QED) is 0.264. The lowest BCUT2D eigenvalue weighted by Gasteiger charge is -2.36. The van der Waals surface area contributed by atoms with Crippen molar-refractivity contribution >= 4 is 23.8 Å². The third-order valence-electron chi connectivity index (χ3n) is 7.77. The van der Waals surface area contributed by atoms with Crippen molar-refractivity contribution in [2.75, 3.05) is 36.0 Å². The van der Waals surface area contributed by atoms with Gasteiger partial charge in [-0.1, -0.05) is 11.6 Å². The summed E-state index contributed by atoms with van der Waals surface area (Å²) in [6, 6.07) is 2.17. The van der Waals surface area contributed by atoms with Gasteiger partial charge in [-0.25, -0.2) is 14.8 Å². The number of aromatic amines is 1. The van der Waals surface area contributed by atoms with Gasteiger partial charge in [0.05, 0.1) is 17.2 Å². The SMILES string of the molecule is FC(F)(F)C1=Cc2nc(N3CCN(c4ncccc4C(F)(F)F)CC3)[nH]c2CC1C1=CCC(C(F)(F)F)CC1.O=C(O)C(F)(F)F. The predicted molar refractivity (Wildman–Crippen MR) is 139 cm³/mol. The summed E-state index contributed by atoms with van der Waals surface area (Å²) in [6.45, 7) is 0.878. The average Bonchev–Trinajstić information content (AvgIpc) is 3.38. The number of rotatable bonds is 3. The molecule has 254 valence electrons. The number of pyridine rings is 1. The maximum Gasteiger partial charge on any atom is 0.490 e. The Kier molecular flexibility index (Phi) is 9.64. The van der Waals surface area contributed by atoms with Crippen LogP contribution >= 0.6 is 0 Å². The number of piperazine rings is 1. The van der Waals surface area contributed by atoms with E-state index < -0.39 is 53.6 Å². The average molecular weight is 680 g/mol. The number of nitrogens with zero attached hydrogens (tertiary/aromatic N) is 4. The Morgan fingerprint density at radius 2 is 1.52 bits per heavy atom. The number of halogens is 12. The lowest BCUT2D eigenvalue weighted by atomic mass is 9.76. The molecule has 2 atom stereocenters. The van der Waals surface area contributed by atoms with Gasteiger partial charge in [-0.05, 0) is 37.5 Å². The maximum absolute atomic E-state index is 14.0. The number of imidazole rings is 1. The van der Waals surface area contributed by atoms with Crippen LogP contribution in [0.25, 0.3) is 6.08 Å². The molecule has 1 fully saturated rings. The van der Waals surface area contributed by atoms with Crippen LogP contribution < -0.4 is 9.80 Å². The first kappa shape index (κ1) is 34.9. The highest BCUT2D eigenvalue weighted by atomic mass is 19.4. The highest BCUT2D eigenvalue weighted by Gasteiger charge is 2.46. The van der Waals surface area contributed by atoms with Crippen LogP contribution in [-0.2, 0) is 17.4 Å². The molecule has 5 rings (SSSR count). The molecule has 46 heavy (non-hydrogen) atoms. The van der Waals surface area contributed by atoms with Crippen molar-refractivity contribution in [1.29, 1.82) is 0 Å². The third kappa shape index (κ3) is 8.07. The Bertz CT molecular complexity index is 1460. The molecule has 3 heterocycles. The van der Waals surface area contributed by atoms with E-state index in [1.807, 2.05) is 0 Å². The summed E-state index contributed by atoms with van der Waals surface area (Å²) in [5, 5.41) is 7.12. The second-order valence-corrected chi connectivity index (χ2v) is 10.7. The molecular weight excluding hydrogens is 654 g/mol. The zero-order valence-corrected chi connectivity index (χ0v) is 23.4. The topological polar surface area (TPSA) is 85.4 Å². The molecule has 2 aliphatic carbocycles. The van der Waals surface area contributed by atoms with E-state index in [4.69, 9.17) is 9.90 Å². The van der Waals surface area contributed by atoms with Gasteiger partial charge in [-0.15, -0.1) is 0 Å². The monoisotopic (exact) mass is 679 g/mol. The van der Waals surface area contributed by atoms with Gasteiger partial charge < -0.3 is 19.9 Å². The van der Waals surface area contributed by atoms with E-state index in [1.165, 1.54) is 23.2 Å². The lowest BCUT2D eigenvalue weighted by molar-refractivity contribution is -0.192. The number of carboxylic acids is 1. The van der Waals surface area contributed by atoms with Crippen molar-refractivity contribution in [2.45, 2.75) is 50.4 Å². The molecule has 0 spiro atoms. The molecule has 1 aliphatic heterocycles. The van der Waals surface area contributed by atoms with Crippen molar-refractivity contribution in [3.8, 4) is 0 Å². The van der Waals surface area contributed by atoms with Crippen molar-refractivity contribution in [3.05, 3.63) is 52.5 Å². The van der Waals surface area contributed by atoms with Crippen LogP contribution in [0.3, 0.4) is 0 Å². The molecule has 0 bridgehead atoms. The first-order valence-corrected chi connectivity index (χ1v) is 13.6. The van der Waals surface area contributed by atoms with Crippen LogP contribution in [0.1, 0.15) is 36.2 Å². The highest BCUT2D eigenvalue weighted by molar-refractivity contribution is 5.73. The maximum atomic E-state index is 14.0. The lowest BCUT2D eigenvalue weighted by Crippen LogP contribution is -2.47. The van der Waals surface area contributed by atoms with E-state index in [-0.39, 0.29) is 63.4 Å². The molecule has 0 aromatic carbocycles. The van der Waals surface area contributed by atoms with Crippen LogP contribution in [0.5, 0.6) is 0 Å². The summed E-state index contributed by atoms with van der Waals surface area (Å²) >= 11 is 0. The molecule has 19 heteroatoms. The number of alkyl halides is 12. The summed E-state index contributed by atoms with van der Waals surface area (Å²) in [6.07, 6.45) is -16.0. The number of hydrogen-bond acceptors (Lipinski definition) is 5. The summed E-state index contributed by atoms with van der Waals surface area (Å²) in [5.41, 5.74) is -0.811. The van der Waals surface area contributed by atoms with E-state index in [2.05, 4.69) is 15.0 Å². The minimum Gasteiger partial charge on any atom is -0.475 e. The minimum atomic E-state index is -5.08. The van der Waals surface area contributed by atoms with Gasteiger partial charge in [-0.2, -0.15) is 52.7 Å². The van der Waals surface area contributed by atoms with E-state index in [0.29, 0.717) is 17.2 Å². The molecule has 7 nitrogen and oxygen atoms in total. The number of carbonyl (C=O) groups is 1. The molecule has 2 aromatic rings. The number of aliphatic carboxylic acids is 1. The van der Waals surface area contributed by atoms with Crippen LogP contribution in [0.2, 0.25) is 0 Å². The Labute approximate surface area is 252 Å². The first-order valence-electron chi connectivity index (χ1n) is 13.6. The second kappa shape index (κ2) is 12.7. The number of anilines is 2. The fraction of sp³-hybridized carbons (Fsp3) is 0.519. The highest BCUT2D eigenvalue weighted by Crippen LogP contribution is 2.46. The van der Waals surface area contributed by atoms with E-state index >= 15 is 0 Å². The fourth-order valence-electron chi connectivity index (χ4n) is 5.47.